The number of hydroxylamine groups is 2. The van der Waals surface area contributed by atoms with Gasteiger partial charge in [-0.05, 0) is 31.2 Å². The third-order valence-electron chi connectivity index (χ3n) is 1.91. The molecule has 2 N–H and O–H groups in total. The van der Waals surface area contributed by atoms with Gasteiger partial charge in [0, 0.05) is 12.7 Å². The Morgan fingerprint density at radius 2 is 1.93 bits per heavy atom. The summed E-state index contributed by atoms with van der Waals surface area (Å²) in [6, 6.07) is 7.36. The number of nitrogen functional groups attached to an aromatic ring is 1. The molecule has 4 nitrogen and oxygen atoms in total. The predicted octanol–water partition coefficient (Wildman–Crippen LogP) is 1.81. The first kappa shape index (κ1) is 10.5. The molecule has 0 saturated heterocycles. The van der Waals surface area contributed by atoms with Crippen molar-refractivity contribution >= 4 is 17.2 Å². The highest BCUT2D eigenvalue weighted by Crippen LogP contribution is 2.14. The van der Waals surface area contributed by atoms with Crippen molar-refractivity contribution in [3.63, 3.8) is 0 Å². The lowest BCUT2D eigenvalue weighted by Gasteiger charge is -2.14. The topological polar surface area (TPSA) is 50.8 Å². The van der Waals surface area contributed by atoms with E-state index in [1.54, 1.807) is 19.2 Å². The van der Waals surface area contributed by atoms with Crippen LogP contribution in [-0.2, 0) is 4.84 Å². The Morgan fingerprint density at radius 1 is 1.36 bits per heavy atom. The van der Waals surface area contributed by atoms with E-state index in [0.29, 0.717) is 0 Å². The van der Waals surface area contributed by atoms with E-state index in [0.717, 1.165) is 17.2 Å². The van der Waals surface area contributed by atoms with Gasteiger partial charge in [0.05, 0.1) is 12.8 Å². The minimum atomic E-state index is 0.738. The average Bonchev–Trinajstić information content (AvgIpc) is 2.20. The lowest BCUT2D eigenvalue weighted by molar-refractivity contribution is -0.0422. The monoisotopic (exact) mass is 193 g/mol. The molecule has 4 heteroatoms. The van der Waals surface area contributed by atoms with Gasteiger partial charge in [0.15, 0.2) is 0 Å². The van der Waals surface area contributed by atoms with E-state index in [2.05, 4.69) is 4.99 Å². The second-order valence-electron chi connectivity index (χ2n) is 2.93. The maximum atomic E-state index is 5.56. The maximum absolute atomic E-state index is 5.56. The number of nitrogens with zero attached hydrogens (tertiary/aromatic N) is 2. The van der Waals surface area contributed by atoms with Crippen molar-refractivity contribution in [3.05, 3.63) is 24.3 Å². The molecule has 0 aromatic heterocycles. The van der Waals surface area contributed by atoms with Crippen molar-refractivity contribution in [3.8, 4) is 0 Å². The van der Waals surface area contributed by atoms with Crippen LogP contribution in [0.4, 0.5) is 11.4 Å². The molecule has 0 bridgehead atoms. The highest BCUT2D eigenvalue weighted by molar-refractivity contribution is 5.81. The summed E-state index contributed by atoms with van der Waals surface area (Å²) < 4.78 is 0. The summed E-state index contributed by atoms with van der Waals surface area (Å²) in [5.41, 5.74) is 7.16. The molecule has 0 aliphatic rings. The molecule has 14 heavy (non-hydrogen) atoms. The van der Waals surface area contributed by atoms with Crippen molar-refractivity contribution in [2.45, 2.75) is 6.92 Å². The highest BCUT2D eigenvalue weighted by atomic mass is 16.7. The predicted molar refractivity (Wildman–Crippen MR) is 58.4 cm³/mol. The Kier molecular flexibility index (Phi) is 3.48. The van der Waals surface area contributed by atoms with Gasteiger partial charge in [-0.25, -0.2) is 10.1 Å². The van der Waals surface area contributed by atoms with Crippen LogP contribution in [0.5, 0.6) is 0 Å². The highest BCUT2D eigenvalue weighted by Gasteiger charge is 1.98. The standard InChI is InChI=1S/C10H15N3O/c1-8(13(2)14-3)12-10-6-4-9(11)5-7-10/h4-7H,11H2,1-3H3. The van der Waals surface area contributed by atoms with Gasteiger partial charge in [-0.1, -0.05) is 0 Å². The molecule has 0 radical (unpaired) electrons. The van der Waals surface area contributed by atoms with E-state index in [4.69, 9.17) is 10.6 Å². The van der Waals surface area contributed by atoms with Gasteiger partial charge in [0.2, 0.25) is 0 Å². The van der Waals surface area contributed by atoms with Crippen molar-refractivity contribution in [2.24, 2.45) is 4.99 Å². The van der Waals surface area contributed by atoms with Crippen molar-refractivity contribution in [1.82, 2.24) is 5.06 Å². The number of hydrogen-bond donors (Lipinski definition) is 1. The summed E-state index contributed by atoms with van der Waals surface area (Å²) in [6.07, 6.45) is 0. The first-order chi connectivity index (χ1) is 6.63. The van der Waals surface area contributed by atoms with Crippen LogP contribution in [0.15, 0.2) is 29.3 Å². The zero-order chi connectivity index (χ0) is 10.6. The van der Waals surface area contributed by atoms with Crippen LogP contribution >= 0.6 is 0 Å². The molecule has 76 valence electrons. The van der Waals surface area contributed by atoms with E-state index in [9.17, 15) is 0 Å². The Hall–Kier alpha value is -1.55. The van der Waals surface area contributed by atoms with Crippen molar-refractivity contribution in [1.29, 1.82) is 0 Å². The minimum Gasteiger partial charge on any atom is -0.399 e. The molecule has 0 heterocycles. The van der Waals surface area contributed by atoms with E-state index in [1.165, 1.54) is 0 Å². The first-order valence-corrected chi connectivity index (χ1v) is 4.32. The molecular weight excluding hydrogens is 178 g/mol. The van der Waals surface area contributed by atoms with Gasteiger partial charge in [-0.3, -0.25) is 4.84 Å². The van der Waals surface area contributed by atoms with Crippen LogP contribution in [0.2, 0.25) is 0 Å². The fourth-order valence-corrected chi connectivity index (χ4v) is 0.938. The van der Waals surface area contributed by atoms with Crippen LogP contribution in [0.25, 0.3) is 0 Å². The Morgan fingerprint density at radius 3 is 2.43 bits per heavy atom. The van der Waals surface area contributed by atoms with Crippen molar-refractivity contribution < 1.29 is 4.84 Å². The molecule has 1 aromatic rings. The number of amidine groups is 1. The van der Waals surface area contributed by atoms with E-state index < -0.39 is 0 Å². The molecule has 0 atom stereocenters. The molecule has 0 amide bonds. The molecule has 0 unspecified atom stereocenters. The number of nitrogens with two attached hydrogens (primary N) is 1. The summed E-state index contributed by atoms with van der Waals surface area (Å²) in [5.74, 6) is 0.789. The molecule has 0 fully saturated rings. The maximum Gasteiger partial charge on any atom is 0.126 e. The Bertz CT molecular complexity index is 319. The summed E-state index contributed by atoms with van der Waals surface area (Å²) in [6.45, 7) is 1.87. The second kappa shape index (κ2) is 4.62. The second-order valence-corrected chi connectivity index (χ2v) is 2.93. The zero-order valence-corrected chi connectivity index (χ0v) is 8.69. The number of hydrogen-bond acceptors (Lipinski definition) is 3. The van der Waals surface area contributed by atoms with Gasteiger partial charge in [-0.15, -0.1) is 0 Å². The smallest absolute Gasteiger partial charge is 0.126 e. The third kappa shape index (κ3) is 2.74. The van der Waals surface area contributed by atoms with Gasteiger partial charge >= 0.3 is 0 Å². The van der Waals surface area contributed by atoms with Gasteiger partial charge in [-0.2, -0.15) is 0 Å². The number of rotatable bonds is 2. The third-order valence-corrected chi connectivity index (χ3v) is 1.91. The summed E-state index contributed by atoms with van der Waals surface area (Å²) in [7, 11) is 3.40. The van der Waals surface area contributed by atoms with E-state index in [1.807, 2.05) is 31.2 Å². The molecular formula is C10H15N3O. The lowest BCUT2D eigenvalue weighted by atomic mass is 10.3. The van der Waals surface area contributed by atoms with Crippen molar-refractivity contribution in [2.75, 3.05) is 19.9 Å². The largest absolute Gasteiger partial charge is 0.399 e. The lowest BCUT2D eigenvalue weighted by Crippen LogP contribution is -2.22. The molecule has 1 aromatic carbocycles. The fraction of sp³-hybridized carbons (Fsp3) is 0.300. The van der Waals surface area contributed by atoms with Gasteiger partial charge in [0.25, 0.3) is 0 Å². The Balaban J connectivity index is 2.81. The first-order valence-electron chi connectivity index (χ1n) is 4.32. The number of benzene rings is 1. The Labute approximate surface area is 84.0 Å². The van der Waals surface area contributed by atoms with Gasteiger partial charge in [0.1, 0.15) is 5.84 Å². The molecule has 0 aliphatic carbocycles. The fourth-order valence-electron chi connectivity index (χ4n) is 0.938. The van der Waals surface area contributed by atoms with E-state index in [-0.39, 0.29) is 0 Å². The normalized spacial score (nSPS) is 11.5. The average molecular weight is 193 g/mol. The quantitative estimate of drug-likeness (QED) is 0.337. The van der Waals surface area contributed by atoms with E-state index >= 15 is 0 Å². The number of aliphatic imine (C=N–C) groups is 1. The number of anilines is 1. The molecule has 0 aliphatic heterocycles. The molecule has 0 saturated carbocycles. The summed E-state index contributed by atoms with van der Waals surface area (Å²) in [5, 5.41) is 1.59. The van der Waals surface area contributed by atoms with Crippen LogP contribution < -0.4 is 5.73 Å². The minimum absolute atomic E-state index is 0.738. The SMILES string of the molecule is CON(C)C(C)=Nc1ccc(N)cc1. The van der Waals surface area contributed by atoms with Crippen LogP contribution in [0, 0.1) is 0 Å². The summed E-state index contributed by atoms with van der Waals surface area (Å²) >= 11 is 0. The van der Waals surface area contributed by atoms with Crippen LogP contribution in [0.1, 0.15) is 6.92 Å². The zero-order valence-electron chi connectivity index (χ0n) is 8.69. The van der Waals surface area contributed by atoms with Gasteiger partial charge < -0.3 is 5.73 Å². The molecule has 1 rings (SSSR count). The molecule has 0 spiro atoms. The summed E-state index contributed by atoms with van der Waals surface area (Å²) in [4.78, 5) is 9.32. The van der Waals surface area contributed by atoms with Crippen LogP contribution in [0.3, 0.4) is 0 Å². The van der Waals surface area contributed by atoms with Crippen LogP contribution in [-0.4, -0.2) is 25.1 Å².